The Labute approximate surface area is 97.0 Å². The summed E-state index contributed by atoms with van der Waals surface area (Å²) < 4.78 is 0. The Morgan fingerprint density at radius 1 is 1.43 bits per heavy atom. The first-order valence-electron chi connectivity index (χ1n) is 3.93. The van der Waals surface area contributed by atoms with Crippen LogP contribution in [-0.2, 0) is 0 Å². The van der Waals surface area contributed by atoms with E-state index in [4.69, 9.17) is 18.0 Å². The summed E-state index contributed by atoms with van der Waals surface area (Å²) in [7, 11) is 0. The van der Waals surface area contributed by atoms with Crippen molar-refractivity contribution < 1.29 is 0 Å². The molecule has 0 saturated heterocycles. The van der Waals surface area contributed by atoms with Gasteiger partial charge in [0.15, 0.2) is 5.11 Å². The molecule has 0 heterocycles. The number of nitrogens with two attached hydrogens (primary N) is 1. The topological polar surface area (TPSA) is 38.0 Å². The largest absolute Gasteiger partial charge is 0.376 e. The predicted molar refractivity (Wildman–Crippen MR) is 67.5 cm³/mol. The molecule has 3 N–H and O–H groups in total. The molecule has 0 radical (unpaired) electrons. The zero-order chi connectivity index (χ0) is 10.4. The van der Waals surface area contributed by atoms with Crippen molar-refractivity contribution in [2.75, 3.05) is 10.6 Å². The molecule has 14 heavy (non-hydrogen) atoms. The van der Waals surface area contributed by atoms with Gasteiger partial charge in [0.05, 0.1) is 5.33 Å². The molecule has 1 aromatic rings. The highest BCUT2D eigenvalue weighted by Crippen LogP contribution is 2.08. The minimum Gasteiger partial charge on any atom is -0.376 e. The number of hydrogen-bond acceptors (Lipinski definition) is 1. The summed E-state index contributed by atoms with van der Waals surface area (Å²) in [6.07, 6.45) is 0. The van der Waals surface area contributed by atoms with Gasteiger partial charge in [0.2, 0.25) is 0 Å². The van der Waals surface area contributed by atoms with Gasteiger partial charge in [-0.3, -0.25) is 0 Å². The first-order chi connectivity index (χ1) is 6.72. The normalized spacial score (nSPS) is 8.64. The highest BCUT2D eigenvalue weighted by molar-refractivity contribution is 9.09. The maximum absolute atomic E-state index is 5.33. The molecule has 1 aromatic carbocycles. The lowest BCUT2D eigenvalue weighted by Gasteiger charge is -2.02. The van der Waals surface area contributed by atoms with Gasteiger partial charge in [0, 0.05) is 11.3 Å². The van der Waals surface area contributed by atoms with Gasteiger partial charge in [-0.1, -0.05) is 27.8 Å². The molecule has 1 rings (SSSR count). The number of halogens is 1. The molecular formula is C10H9BrN2S. The molecule has 0 aliphatic heterocycles. The fraction of sp³-hybridized carbons (Fsp3) is 0.100. The standard InChI is InChI=1S/C10H9BrN2S/c11-7-1-2-8-3-5-9(6-4-8)13-10(12)14/h3-6H,7H2,(H3,12,13,14). The van der Waals surface area contributed by atoms with E-state index in [2.05, 4.69) is 33.1 Å². The van der Waals surface area contributed by atoms with Crippen LogP contribution in [0.25, 0.3) is 0 Å². The second kappa shape index (κ2) is 5.63. The number of alkyl halides is 1. The van der Waals surface area contributed by atoms with Crippen LogP contribution in [0.4, 0.5) is 5.69 Å². The summed E-state index contributed by atoms with van der Waals surface area (Å²) in [5, 5.41) is 3.79. The van der Waals surface area contributed by atoms with E-state index in [0.717, 1.165) is 11.3 Å². The lowest BCUT2D eigenvalue weighted by atomic mass is 10.2. The van der Waals surface area contributed by atoms with Crippen molar-refractivity contribution >= 4 is 38.9 Å². The number of thiocarbonyl (C=S) groups is 1. The molecule has 0 aliphatic rings. The Balaban J connectivity index is 2.73. The molecule has 0 spiro atoms. The van der Waals surface area contributed by atoms with Gasteiger partial charge < -0.3 is 11.1 Å². The molecule has 0 bridgehead atoms. The van der Waals surface area contributed by atoms with Gasteiger partial charge in [-0.2, -0.15) is 0 Å². The van der Waals surface area contributed by atoms with Gasteiger partial charge >= 0.3 is 0 Å². The number of benzene rings is 1. The summed E-state index contributed by atoms with van der Waals surface area (Å²) in [6.45, 7) is 0. The summed E-state index contributed by atoms with van der Waals surface area (Å²) in [5.41, 5.74) is 7.18. The van der Waals surface area contributed by atoms with Crippen LogP contribution in [0.3, 0.4) is 0 Å². The van der Waals surface area contributed by atoms with Crippen molar-refractivity contribution in [3.05, 3.63) is 29.8 Å². The Kier molecular flexibility index (Phi) is 4.44. The molecule has 0 aromatic heterocycles. The van der Waals surface area contributed by atoms with Crippen LogP contribution in [-0.4, -0.2) is 10.4 Å². The molecule has 0 saturated carbocycles. The monoisotopic (exact) mass is 268 g/mol. The van der Waals surface area contributed by atoms with E-state index in [1.54, 1.807) is 0 Å². The lowest BCUT2D eigenvalue weighted by molar-refractivity contribution is 1.58. The average molecular weight is 269 g/mol. The van der Waals surface area contributed by atoms with Gasteiger partial charge in [-0.25, -0.2) is 0 Å². The molecule has 4 heteroatoms. The van der Waals surface area contributed by atoms with Crippen LogP contribution in [0.5, 0.6) is 0 Å². The third-order valence-electron chi connectivity index (χ3n) is 1.45. The van der Waals surface area contributed by atoms with Crippen LogP contribution < -0.4 is 11.1 Å². The maximum atomic E-state index is 5.33. The van der Waals surface area contributed by atoms with Crippen molar-refractivity contribution in [3.63, 3.8) is 0 Å². The number of hydrogen-bond donors (Lipinski definition) is 2. The lowest BCUT2D eigenvalue weighted by Crippen LogP contribution is -2.18. The molecule has 0 fully saturated rings. The SMILES string of the molecule is NC(=S)Nc1ccc(C#CCBr)cc1. The van der Waals surface area contributed by atoms with Gasteiger partial charge in [0.1, 0.15) is 0 Å². The minimum absolute atomic E-state index is 0.268. The van der Waals surface area contributed by atoms with E-state index in [0.29, 0.717) is 5.33 Å². The summed E-state index contributed by atoms with van der Waals surface area (Å²) in [4.78, 5) is 0. The highest BCUT2D eigenvalue weighted by Gasteiger charge is 1.92. The van der Waals surface area contributed by atoms with Crippen molar-refractivity contribution in [1.82, 2.24) is 0 Å². The second-order valence-corrected chi connectivity index (χ2v) is 3.50. The Morgan fingerprint density at radius 3 is 2.57 bits per heavy atom. The van der Waals surface area contributed by atoms with E-state index < -0.39 is 0 Å². The number of nitrogens with one attached hydrogen (secondary N) is 1. The van der Waals surface area contributed by atoms with E-state index in [1.807, 2.05) is 24.3 Å². The van der Waals surface area contributed by atoms with Crippen LogP contribution in [0.1, 0.15) is 5.56 Å². The van der Waals surface area contributed by atoms with Crippen molar-refractivity contribution in [1.29, 1.82) is 0 Å². The number of rotatable bonds is 1. The highest BCUT2D eigenvalue weighted by atomic mass is 79.9. The average Bonchev–Trinajstić information content (AvgIpc) is 2.16. The van der Waals surface area contributed by atoms with E-state index in [9.17, 15) is 0 Å². The molecule has 0 unspecified atom stereocenters. The van der Waals surface area contributed by atoms with Crippen molar-refractivity contribution in [2.45, 2.75) is 0 Å². The summed E-state index contributed by atoms with van der Waals surface area (Å²) in [5.74, 6) is 5.91. The fourth-order valence-electron chi connectivity index (χ4n) is 0.915. The quantitative estimate of drug-likeness (QED) is 0.466. The van der Waals surface area contributed by atoms with Crippen molar-refractivity contribution in [2.24, 2.45) is 5.73 Å². The second-order valence-electron chi connectivity index (χ2n) is 2.50. The van der Waals surface area contributed by atoms with E-state index in [-0.39, 0.29) is 5.11 Å². The van der Waals surface area contributed by atoms with Crippen LogP contribution in [0.2, 0.25) is 0 Å². The van der Waals surface area contributed by atoms with Crippen LogP contribution in [0, 0.1) is 11.8 Å². The summed E-state index contributed by atoms with van der Waals surface area (Å²) >= 11 is 7.95. The fourth-order valence-corrected chi connectivity index (χ4v) is 1.17. The molecule has 72 valence electrons. The molecule has 0 atom stereocenters. The van der Waals surface area contributed by atoms with Gasteiger partial charge in [-0.05, 0) is 36.5 Å². The Hall–Kier alpha value is -1.05. The molecule has 0 amide bonds. The third kappa shape index (κ3) is 3.77. The number of anilines is 1. The van der Waals surface area contributed by atoms with E-state index in [1.165, 1.54) is 0 Å². The Bertz CT molecular complexity index is 375. The minimum atomic E-state index is 0.268. The predicted octanol–water partition coefficient (Wildman–Crippen LogP) is 2.09. The summed E-state index contributed by atoms with van der Waals surface area (Å²) in [6, 6.07) is 7.60. The molecule has 2 nitrogen and oxygen atoms in total. The Morgan fingerprint density at radius 2 is 2.07 bits per heavy atom. The maximum Gasteiger partial charge on any atom is 0.168 e. The zero-order valence-corrected chi connectivity index (χ0v) is 9.78. The van der Waals surface area contributed by atoms with Crippen LogP contribution in [0.15, 0.2) is 24.3 Å². The molecular weight excluding hydrogens is 260 g/mol. The van der Waals surface area contributed by atoms with Crippen molar-refractivity contribution in [3.8, 4) is 11.8 Å². The van der Waals surface area contributed by atoms with Gasteiger partial charge in [0.25, 0.3) is 0 Å². The third-order valence-corrected chi connectivity index (χ3v) is 1.83. The first-order valence-corrected chi connectivity index (χ1v) is 5.46. The smallest absolute Gasteiger partial charge is 0.168 e. The zero-order valence-electron chi connectivity index (χ0n) is 7.38. The van der Waals surface area contributed by atoms with Crippen LogP contribution >= 0.6 is 28.1 Å². The van der Waals surface area contributed by atoms with E-state index >= 15 is 0 Å². The van der Waals surface area contributed by atoms with Gasteiger partial charge in [-0.15, -0.1) is 0 Å². The first kappa shape index (κ1) is 11.0. The molecule has 0 aliphatic carbocycles.